The van der Waals surface area contributed by atoms with Gasteiger partial charge in [-0.15, -0.1) is 0 Å². The number of nitrogens with one attached hydrogen (secondary N) is 2. The smallest absolute Gasteiger partial charge is 0.282 e. The fourth-order valence-corrected chi connectivity index (χ4v) is 3.50. The molecule has 0 radical (unpaired) electrons. The van der Waals surface area contributed by atoms with Crippen molar-refractivity contribution in [1.82, 2.24) is 0 Å². The molecule has 6 heteroatoms. The lowest BCUT2D eigenvalue weighted by Crippen LogP contribution is -3.19. The normalized spacial score (nSPS) is 15.8. The van der Waals surface area contributed by atoms with Crippen LogP contribution in [0.1, 0.15) is 24.2 Å². The fourth-order valence-electron chi connectivity index (χ4n) is 3.50. The minimum Gasteiger partial charge on any atom is -0.497 e. The quantitative estimate of drug-likeness (QED) is 0.746. The van der Waals surface area contributed by atoms with E-state index >= 15 is 0 Å². The molecule has 0 unspecified atom stereocenters. The van der Waals surface area contributed by atoms with Crippen LogP contribution in [0.4, 0.5) is 11.4 Å². The van der Waals surface area contributed by atoms with Crippen molar-refractivity contribution in [3.05, 3.63) is 54.1 Å². The maximum Gasteiger partial charge on any atom is 0.282 e. The van der Waals surface area contributed by atoms with Crippen LogP contribution >= 0.6 is 0 Å². The van der Waals surface area contributed by atoms with Crippen LogP contribution in [0.2, 0.25) is 0 Å². The van der Waals surface area contributed by atoms with E-state index in [0.29, 0.717) is 5.56 Å². The van der Waals surface area contributed by atoms with Crippen LogP contribution < -0.4 is 19.9 Å². The van der Waals surface area contributed by atoms with Gasteiger partial charge in [-0.05, 0) is 62.4 Å². The molecule has 1 saturated heterocycles. The minimum absolute atomic E-state index is 0.00322. The molecule has 0 aromatic heterocycles. The summed E-state index contributed by atoms with van der Waals surface area (Å²) in [5.74, 6) is 0.878. The summed E-state index contributed by atoms with van der Waals surface area (Å²) in [5, 5.41) is 2.96. The second-order valence-corrected chi connectivity index (χ2v) is 7.19. The second kappa shape index (κ2) is 8.89. The van der Waals surface area contributed by atoms with Crippen molar-refractivity contribution in [3.8, 4) is 5.75 Å². The lowest BCUT2D eigenvalue weighted by atomic mass is 10.1. The molecule has 0 bridgehead atoms. The number of ketones is 1. The molecule has 1 fully saturated rings. The van der Waals surface area contributed by atoms with Crippen molar-refractivity contribution in [2.24, 2.45) is 0 Å². The molecule has 1 amide bonds. The van der Waals surface area contributed by atoms with Gasteiger partial charge in [-0.2, -0.15) is 0 Å². The largest absolute Gasteiger partial charge is 0.497 e. The van der Waals surface area contributed by atoms with Crippen LogP contribution in [0, 0.1) is 0 Å². The van der Waals surface area contributed by atoms with Crippen LogP contribution in [0.3, 0.4) is 0 Å². The molecule has 1 atom stereocenters. The summed E-state index contributed by atoms with van der Waals surface area (Å²) in [6, 6.07) is 15.0. The van der Waals surface area contributed by atoms with Gasteiger partial charge in [0, 0.05) is 16.9 Å². The van der Waals surface area contributed by atoms with Crippen molar-refractivity contribution in [2.45, 2.75) is 19.9 Å². The number of hydrogen-bond donors (Lipinski definition) is 2. The standard InChI is InChI=1S/C22H27N3O3/c1-16(22(27)23-19-6-4-18(5-7-19)17(2)26)24-12-14-25(15-13-24)20-8-10-21(28-3)11-9-20/h4-11,16H,12-15H2,1-3H3,(H,23,27)/p+1/t16-/m1/s1. The van der Waals surface area contributed by atoms with Crippen LogP contribution in [0.25, 0.3) is 0 Å². The Bertz CT molecular complexity index is 810. The Hall–Kier alpha value is -2.86. The number of carbonyl (C=O) groups is 2. The zero-order chi connectivity index (χ0) is 20.1. The molecular weight excluding hydrogens is 354 g/mol. The van der Waals surface area contributed by atoms with Gasteiger partial charge in [0.15, 0.2) is 11.8 Å². The van der Waals surface area contributed by atoms with Gasteiger partial charge in [0.2, 0.25) is 0 Å². The first kappa shape index (κ1) is 19.9. The maximum atomic E-state index is 12.6. The molecule has 0 spiro atoms. The van der Waals surface area contributed by atoms with E-state index in [-0.39, 0.29) is 17.7 Å². The zero-order valence-corrected chi connectivity index (χ0v) is 16.7. The Balaban J connectivity index is 1.52. The minimum atomic E-state index is -0.134. The Morgan fingerprint density at radius 1 is 1.04 bits per heavy atom. The molecule has 28 heavy (non-hydrogen) atoms. The average molecular weight is 382 g/mol. The third kappa shape index (κ3) is 4.70. The van der Waals surface area contributed by atoms with Gasteiger partial charge in [-0.1, -0.05) is 0 Å². The van der Waals surface area contributed by atoms with E-state index in [1.54, 1.807) is 31.4 Å². The molecule has 3 rings (SSSR count). The fraction of sp³-hybridized carbons (Fsp3) is 0.364. The highest BCUT2D eigenvalue weighted by Crippen LogP contribution is 2.19. The summed E-state index contributed by atoms with van der Waals surface area (Å²) in [5.41, 5.74) is 2.55. The molecule has 2 aromatic carbocycles. The zero-order valence-electron chi connectivity index (χ0n) is 16.7. The number of benzene rings is 2. The maximum absolute atomic E-state index is 12.6. The Kier molecular flexibility index (Phi) is 6.31. The summed E-state index contributed by atoms with van der Waals surface area (Å²) >= 11 is 0. The number of Topliss-reactive ketones (excluding diaryl/α,β-unsaturated/α-hetero) is 1. The monoisotopic (exact) mass is 382 g/mol. The van der Waals surface area contributed by atoms with Gasteiger partial charge >= 0.3 is 0 Å². The molecule has 2 N–H and O–H groups in total. The molecule has 1 aliphatic rings. The summed E-state index contributed by atoms with van der Waals surface area (Å²) in [7, 11) is 1.67. The number of hydrogen-bond acceptors (Lipinski definition) is 4. The highest BCUT2D eigenvalue weighted by atomic mass is 16.5. The molecule has 148 valence electrons. The number of ether oxygens (including phenoxy) is 1. The first-order chi connectivity index (χ1) is 13.5. The summed E-state index contributed by atoms with van der Waals surface area (Å²) in [6.45, 7) is 7.13. The van der Waals surface area contributed by atoms with Gasteiger partial charge in [0.25, 0.3) is 5.91 Å². The van der Waals surface area contributed by atoms with Gasteiger partial charge in [-0.3, -0.25) is 9.59 Å². The molecule has 0 aliphatic carbocycles. The van der Waals surface area contributed by atoms with E-state index in [1.807, 2.05) is 19.1 Å². The molecule has 1 aliphatic heterocycles. The van der Waals surface area contributed by atoms with Gasteiger partial charge in [-0.25, -0.2) is 0 Å². The van der Waals surface area contributed by atoms with Crippen LogP contribution in [0.5, 0.6) is 5.75 Å². The number of anilines is 2. The number of nitrogens with zero attached hydrogens (tertiary/aromatic N) is 1. The first-order valence-electron chi connectivity index (χ1n) is 9.63. The van der Waals surface area contributed by atoms with E-state index in [1.165, 1.54) is 17.5 Å². The Morgan fingerprint density at radius 3 is 2.18 bits per heavy atom. The first-order valence-corrected chi connectivity index (χ1v) is 9.63. The number of piperazine rings is 1. The summed E-state index contributed by atoms with van der Waals surface area (Å²) in [6.07, 6.45) is 0. The van der Waals surface area contributed by atoms with Gasteiger partial charge in [0.05, 0.1) is 33.3 Å². The van der Waals surface area contributed by atoms with E-state index < -0.39 is 0 Å². The number of amides is 1. The second-order valence-electron chi connectivity index (χ2n) is 7.19. The molecular formula is C22H28N3O3+. The van der Waals surface area contributed by atoms with Crippen molar-refractivity contribution in [3.63, 3.8) is 0 Å². The van der Waals surface area contributed by atoms with E-state index in [4.69, 9.17) is 4.74 Å². The number of rotatable bonds is 6. The van der Waals surface area contributed by atoms with E-state index in [2.05, 4.69) is 22.3 Å². The predicted octanol–water partition coefficient (Wildman–Crippen LogP) is 1.63. The SMILES string of the molecule is COc1ccc(N2CC[NH+]([C@H](C)C(=O)Nc3ccc(C(C)=O)cc3)CC2)cc1. The van der Waals surface area contributed by atoms with Crippen molar-refractivity contribution < 1.29 is 19.2 Å². The van der Waals surface area contributed by atoms with Gasteiger partial charge < -0.3 is 19.9 Å². The third-order valence-corrected chi connectivity index (χ3v) is 5.41. The number of quaternary nitrogens is 1. The van der Waals surface area contributed by atoms with Gasteiger partial charge in [0.1, 0.15) is 5.75 Å². The van der Waals surface area contributed by atoms with Crippen LogP contribution in [-0.2, 0) is 4.79 Å². The number of carbonyl (C=O) groups excluding carboxylic acids is 2. The highest BCUT2D eigenvalue weighted by Gasteiger charge is 2.29. The van der Waals surface area contributed by atoms with E-state index in [0.717, 1.165) is 37.6 Å². The Morgan fingerprint density at radius 2 is 1.64 bits per heavy atom. The highest BCUT2D eigenvalue weighted by molar-refractivity contribution is 5.96. The predicted molar refractivity (Wildman–Crippen MR) is 110 cm³/mol. The van der Waals surface area contributed by atoms with Crippen molar-refractivity contribution >= 4 is 23.1 Å². The van der Waals surface area contributed by atoms with E-state index in [9.17, 15) is 9.59 Å². The van der Waals surface area contributed by atoms with Crippen molar-refractivity contribution in [2.75, 3.05) is 43.5 Å². The molecule has 1 heterocycles. The lowest BCUT2D eigenvalue weighted by molar-refractivity contribution is -0.914. The average Bonchev–Trinajstić information content (AvgIpc) is 2.73. The topological polar surface area (TPSA) is 63.1 Å². The summed E-state index contributed by atoms with van der Waals surface area (Å²) < 4.78 is 5.21. The number of methoxy groups -OCH3 is 1. The van der Waals surface area contributed by atoms with Crippen LogP contribution in [0.15, 0.2) is 48.5 Å². The molecule has 6 nitrogen and oxygen atoms in total. The molecule has 2 aromatic rings. The third-order valence-electron chi connectivity index (χ3n) is 5.41. The van der Waals surface area contributed by atoms with Crippen molar-refractivity contribution in [1.29, 1.82) is 0 Å². The molecule has 0 saturated carbocycles. The van der Waals surface area contributed by atoms with Crippen LogP contribution in [-0.4, -0.2) is 51.0 Å². The summed E-state index contributed by atoms with van der Waals surface area (Å²) in [4.78, 5) is 27.6. The lowest BCUT2D eigenvalue weighted by Gasteiger charge is -2.36. The Labute approximate surface area is 166 Å².